The van der Waals surface area contributed by atoms with Gasteiger partial charge in [-0.1, -0.05) is 48.8 Å². The van der Waals surface area contributed by atoms with Crippen LogP contribution in [0.25, 0.3) is 17.0 Å². The van der Waals surface area contributed by atoms with Crippen molar-refractivity contribution in [3.8, 4) is 11.4 Å². The number of nitrogens with one attached hydrogen (secondary N) is 1. The third-order valence-corrected chi connectivity index (χ3v) is 5.65. The van der Waals surface area contributed by atoms with Crippen molar-refractivity contribution in [3.05, 3.63) is 77.1 Å². The molecule has 4 rings (SSSR count). The highest BCUT2D eigenvalue weighted by Crippen LogP contribution is 2.37. The van der Waals surface area contributed by atoms with Gasteiger partial charge in [0, 0.05) is 17.8 Å². The van der Waals surface area contributed by atoms with Crippen LogP contribution in [-0.4, -0.2) is 26.7 Å². The summed E-state index contributed by atoms with van der Waals surface area (Å²) in [6.45, 7) is 9.18. The number of aromatic nitrogens is 2. The van der Waals surface area contributed by atoms with E-state index < -0.39 is 0 Å². The minimum Gasteiger partial charge on any atom is -0.351 e. The van der Waals surface area contributed by atoms with Gasteiger partial charge in [0.1, 0.15) is 5.82 Å². The number of rotatable bonds is 5. The van der Waals surface area contributed by atoms with Gasteiger partial charge in [-0.15, -0.1) is 0 Å². The fourth-order valence-electron chi connectivity index (χ4n) is 3.70. The molecule has 1 N–H and O–H groups in total. The monoisotopic (exact) mass is 436 g/mol. The highest BCUT2D eigenvalue weighted by Gasteiger charge is 2.34. The summed E-state index contributed by atoms with van der Waals surface area (Å²) in [5, 5.41) is 8.30. The molecule has 5 nitrogen and oxygen atoms in total. The smallest absolute Gasteiger partial charge is 0.258 e. The molecule has 7 heteroatoms. The number of hydrogen-bond donors (Lipinski definition) is 1. The van der Waals surface area contributed by atoms with Gasteiger partial charge in [0.05, 0.1) is 11.6 Å². The van der Waals surface area contributed by atoms with E-state index in [0.29, 0.717) is 28.3 Å². The molecule has 0 saturated carbocycles. The first-order valence-electron chi connectivity index (χ1n) is 10.3. The number of halogens is 1. The molecule has 0 radical (unpaired) electrons. The quantitative estimate of drug-likeness (QED) is 0.533. The zero-order chi connectivity index (χ0) is 22.1. The first-order valence-corrected chi connectivity index (χ1v) is 10.7. The van der Waals surface area contributed by atoms with Crippen LogP contribution >= 0.6 is 12.2 Å². The van der Waals surface area contributed by atoms with Crippen LogP contribution in [0.5, 0.6) is 0 Å². The van der Waals surface area contributed by atoms with Crippen molar-refractivity contribution < 1.29 is 8.91 Å². The van der Waals surface area contributed by atoms with E-state index in [1.165, 1.54) is 17.7 Å². The molecule has 2 aromatic carbocycles. The molecule has 1 atom stereocenters. The molecule has 0 fully saturated rings. The minimum atomic E-state index is -0.306. The second kappa shape index (κ2) is 8.59. The maximum absolute atomic E-state index is 13.3. The maximum Gasteiger partial charge on any atom is 0.258 e. The Morgan fingerprint density at radius 1 is 1.10 bits per heavy atom. The van der Waals surface area contributed by atoms with Crippen LogP contribution in [0.2, 0.25) is 0 Å². The summed E-state index contributed by atoms with van der Waals surface area (Å²) in [5.41, 5.74) is 4.81. The van der Waals surface area contributed by atoms with E-state index >= 15 is 0 Å². The van der Waals surface area contributed by atoms with Crippen molar-refractivity contribution >= 4 is 22.9 Å². The van der Waals surface area contributed by atoms with Gasteiger partial charge in [-0.2, -0.15) is 4.98 Å². The van der Waals surface area contributed by atoms with Crippen LogP contribution < -0.4 is 5.32 Å². The van der Waals surface area contributed by atoms with Gasteiger partial charge in [-0.05, 0) is 61.8 Å². The zero-order valence-electron chi connectivity index (χ0n) is 18.0. The third kappa shape index (κ3) is 4.37. The van der Waals surface area contributed by atoms with Crippen molar-refractivity contribution in [2.24, 2.45) is 5.92 Å². The maximum atomic E-state index is 13.3. The van der Waals surface area contributed by atoms with Gasteiger partial charge in [0.2, 0.25) is 5.82 Å². The first-order chi connectivity index (χ1) is 14.8. The number of thiocarbonyl (C=S) groups is 1. The van der Waals surface area contributed by atoms with Crippen molar-refractivity contribution in [2.45, 2.75) is 33.7 Å². The van der Waals surface area contributed by atoms with Crippen LogP contribution in [0.15, 0.2) is 58.8 Å². The molecule has 2 heterocycles. The molecule has 3 aromatic rings. The third-order valence-electron chi connectivity index (χ3n) is 5.31. The van der Waals surface area contributed by atoms with Gasteiger partial charge >= 0.3 is 0 Å². The van der Waals surface area contributed by atoms with Crippen LogP contribution in [0.4, 0.5) is 4.39 Å². The van der Waals surface area contributed by atoms with Gasteiger partial charge < -0.3 is 14.7 Å². The number of benzene rings is 2. The van der Waals surface area contributed by atoms with E-state index in [1.54, 1.807) is 12.1 Å². The predicted molar refractivity (Wildman–Crippen MR) is 123 cm³/mol. The standard InChI is InChI=1S/C24H25FN4OS/c1-14(2)13-29-16(4)20(21(26-24(29)31)17-7-5-15(3)6-8-17)23-27-22(28-30-23)18-9-11-19(25)12-10-18/h5-12,14,21H,13H2,1-4H3,(H,26,31). The molecular formula is C24H25FN4OS. The van der Waals surface area contributed by atoms with Crippen molar-refractivity contribution in [1.29, 1.82) is 0 Å². The number of hydrogen-bond acceptors (Lipinski definition) is 4. The first kappa shape index (κ1) is 21.2. The molecule has 160 valence electrons. The van der Waals surface area contributed by atoms with E-state index in [2.05, 4.69) is 65.4 Å². The van der Waals surface area contributed by atoms with Gasteiger partial charge in [0.15, 0.2) is 5.11 Å². The Bertz CT molecular complexity index is 1120. The van der Waals surface area contributed by atoms with Crippen molar-refractivity contribution in [2.75, 3.05) is 6.54 Å². The van der Waals surface area contributed by atoms with Crippen molar-refractivity contribution in [3.63, 3.8) is 0 Å². The summed E-state index contributed by atoms with van der Waals surface area (Å²) in [6, 6.07) is 14.2. The van der Waals surface area contributed by atoms with Crippen LogP contribution in [0.1, 0.15) is 43.8 Å². The van der Waals surface area contributed by atoms with Crippen LogP contribution in [-0.2, 0) is 0 Å². The molecule has 1 unspecified atom stereocenters. The van der Waals surface area contributed by atoms with Gasteiger partial charge in [-0.3, -0.25) is 0 Å². The summed E-state index contributed by atoms with van der Waals surface area (Å²) < 4.78 is 19.0. The molecule has 0 spiro atoms. The highest BCUT2D eigenvalue weighted by atomic mass is 32.1. The predicted octanol–water partition coefficient (Wildman–Crippen LogP) is 5.50. The fourth-order valence-corrected chi connectivity index (χ4v) is 4.03. The Balaban J connectivity index is 1.80. The number of aryl methyl sites for hydroxylation is 1. The Morgan fingerprint density at radius 3 is 2.42 bits per heavy atom. The molecule has 31 heavy (non-hydrogen) atoms. The molecule has 0 amide bonds. The normalized spacial score (nSPS) is 16.8. The zero-order valence-corrected chi connectivity index (χ0v) is 18.8. The Labute approximate surface area is 187 Å². The van der Waals surface area contributed by atoms with Gasteiger partial charge in [-0.25, -0.2) is 4.39 Å². The molecule has 0 saturated heterocycles. The topological polar surface area (TPSA) is 54.2 Å². The molecule has 1 aliphatic rings. The highest BCUT2D eigenvalue weighted by molar-refractivity contribution is 7.80. The lowest BCUT2D eigenvalue weighted by Crippen LogP contribution is -2.47. The van der Waals surface area contributed by atoms with Gasteiger partial charge in [0.25, 0.3) is 5.89 Å². The summed E-state index contributed by atoms with van der Waals surface area (Å²) >= 11 is 5.70. The fraction of sp³-hybridized carbons (Fsp3) is 0.292. The van der Waals surface area contributed by atoms with E-state index in [-0.39, 0.29) is 11.9 Å². The lowest BCUT2D eigenvalue weighted by Gasteiger charge is -2.38. The Morgan fingerprint density at radius 2 is 1.77 bits per heavy atom. The average Bonchev–Trinajstić information content (AvgIpc) is 3.21. The number of nitrogens with zero attached hydrogens (tertiary/aromatic N) is 3. The SMILES string of the molecule is CC1=C(c2nc(-c3ccc(F)cc3)no2)C(c2ccc(C)cc2)NC(=S)N1CC(C)C. The van der Waals surface area contributed by atoms with Crippen molar-refractivity contribution in [1.82, 2.24) is 20.4 Å². The van der Waals surface area contributed by atoms with Crippen LogP contribution in [0.3, 0.4) is 0 Å². The lowest BCUT2D eigenvalue weighted by molar-refractivity contribution is 0.386. The molecular weight excluding hydrogens is 411 g/mol. The minimum absolute atomic E-state index is 0.210. The van der Waals surface area contributed by atoms with E-state index in [4.69, 9.17) is 16.7 Å². The average molecular weight is 437 g/mol. The van der Waals surface area contributed by atoms with Crippen LogP contribution in [0, 0.1) is 18.7 Å². The Hall–Kier alpha value is -3.06. The second-order valence-electron chi connectivity index (χ2n) is 8.23. The summed E-state index contributed by atoms with van der Waals surface area (Å²) in [5.74, 6) is 0.955. The molecule has 1 aliphatic heterocycles. The van der Waals surface area contributed by atoms with E-state index in [1.807, 2.05) is 6.92 Å². The molecule has 0 bridgehead atoms. The second-order valence-corrected chi connectivity index (χ2v) is 8.61. The lowest BCUT2D eigenvalue weighted by atomic mass is 9.94. The number of allylic oxidation sites excluding steroid dienone is 1. The summed E-state index contributed by atoms with van der Waals surface area (Å²) in [7, 11) is 0. The van der Waals surface area contributed by atoms with E-state index in [0.717, 1.165) is 23.4 Å². The van der Waals surface area contributed by atoms with E-state index in [9.17, 15) is 4.39 Å². The molecule has 0 aliphatic carbocycles. The largest absolute Gasteiger partial charge is 0.351 e. The Kier molecular flexibility index (Phi) is 5.87. The summed E-state index contributed by atoms with van der Waals surface area (Å²) in [6.07, 6.45) is 0. The summed E-state index contributed by atoms with van der Waals surface area (Å²) in [4.78, 5) is 6.73. The molecule has 1 aromatic heterocycles.